The zero-order valence-electron chi connectivity index (χ0n) is 16.5. The third-order valence-electron chi connectivity index (χ3n) is 3.75. The van der Waals surface area contributed by atoms with E-state index in [-0.39, 0.29) is 5.97 Å². The molecule has 6 heteroatoms. The van der Waals surface area contributed by atoms with Gasteiger partial charge < -0.3 is 18.9 Å². The molecule has 0 aliphatic rings. The van der Waals surface area contributed by atoms with Crippen molar-refractivity contribution < 1.29 is 23.7 Å². The molecule has 0 heterocycles. The molecule has 0 N–H and O–H groups in total. The SMILES string of the molecule is C=CC(=O)OCCC[SiH2]C(OCCCC)(OCCCC)OCCCC. The Labute approximate surface area is 156 Å². The molecule has 0 unspecified atom stereocenters. The standard InChI is InChI=1S/C19H38O5Si/c1-5-9-14-22-19(23-15-10-6-2,24-16-11-7-3)25-17-12-13-21-18(20)8-4/h8H,4-7,9-17,25H2,1-3H3. The summed E-state index contributed by atoms with van der Waals surface area (Å²) in [5, 5.41) is 0. The molecule has 0 rings (SSSR count). The maximum Gasteiger partial charge on any atom is 0.330 e. The summed E-state index contributed by atoms with van der Waals surface area (Å²) in [5.74, 6) is -0.370. The predicted molar refractivity (Wildman–Crippen MR) is 104 cm³/mol. The highest BCUT2D eigenvalue weighted by molar-refractivity contribution is 6.38. The second-order valence-electron chi connectivity index (χ2n) is 6.12. The van der Waals surface area contributed by atoms with E-state index < -0.39 is 15.1 Å². The van der Waals surface area contributed by atoms with Crippen LogP contribution in [0.15, 0.2) is 12.7 Å². The molecule has 0 aliphatic heterocycles. The van der Waals surface area contributed by atoms with Crippen molar-refractivity contribution in [1.29, 1.82) is 0 Å². The van der Waals surface area contributed by atoms with Crippen LogP contribution in [-0.2, 0) is 23.7 Å². The lowest BCUT2D eigenvalue weighted by molar-refractivity contribution is -0.328. The Balaban J connectivity index is 4.57. The maximum atomic E-state index is 11.1. The van der Waals surface area contributed by atoms with Crippen molar-refractivity contribution in [2.45, 2.75) is 77.4 Å². The van der Waals surface area contributed by atoms with Gasteiger partial charge in [0.25, 0.3) is 0 Å². The van der Waals surface area contributed by atoms with Gasteiger partial charge in [-0.1, -0.05) is 52.7 Å². The summed E-state index contributed by atoms with van der Waals surface area (Å²) >= 11 is 0. The number of hydrogen-bond acceptors (Lipinski definition) is 5. The zero-order valence-corrected chi connectivity index (χ0v) is 17.9. The molecule has 0 aliphatic carbocycles. The Morgan fingerprint density at radius 2 is 1.36 bits per heavy atom. The zero-order chi connectivity index (χ0) is 18.8. The monoisotopic (exact) mass is 374 g/mol. The second-order valence-corrected chi connectivity index (χ2v) is 8.19. The highest BCUT2D eigenvalue weighted by Crippen LogP contribution is 2.19. The molecular formula is C19H38O5Si. The Hall–Kier alpha value is -0.693. The fraction of sp³-hybridized carbons (Fsp3) is 0.842. The van der Waals surface area contributed by atoms with Crippen LogP contribution in [0.1, 0.15) is 65.7 Å². The maximum absolute atomic E-state index is 11.1. The fourth-order valence-electron chi connectivity index (χ4n) is 2.13. The van der Waals surface area contributed by atoms with Gasteiger partial charge >= 0.3 is 5.97 Å². The Bertz CT molecular complexity index is 309. The highest BCUT2D eigenvalue weighted by atomic mass is 28.2. The summed E-state index contributed by atoms with van der Waals surface area (Å²) in [6, 6.07) is 0.939. The summed E-state index contributed by atoms with van der Waals surface area (Å²) in [5.41, 5.74) is -0.831. The summed E-state index contributed by atoms with van der Waals surface area (Å²) in [4.78, 5) is 11.1. The normalized spacial score (nSPS) is 12.0. The fourth-order valence-corrected chi connectivity index (χ4v) is 3.89. The van der Waals surface area contributed by atoms with Crippen molar-refractivity contribution in [2.75, 3.05) is 26.4 Å². The number of hydrogen-bond donors (Lipinski definition) is 0. The summed E-state index contributed by atoms with van der Waals surface area (Å²) < 4.78 is 23.4. The molecule has 0 saturated heterocycles. The van der Waals surface area contributed by atoms with Crippen LogP contribution in [0.4, 0.5) is 0 Å². The van der Waals surface area contributed by atoms with Crippen LogP contribution in [0, 0.1) is 0 Å². The van der Waals surface area contributed by atoms with Crippen LogP contribution in [0.3, 0.4) is 0 Å². The van der Waals surface area contributed by atoms with E-state index in [0.717, 1.165) is 51.0 Å². The van der Waals surface area contributed by atoms with Gasteiger partial charge in [-0.3, -0.25) is 0 Å². The largest absolute Gasteiger partial charge is 0.463 e. The van der Waals surface area contributed by atoms with Crippen molar-refractivity contribution in [3.05, 3.63) is 12.7 Å². The van der Waals surface area contributed by atoms with E-state index in [1.807, 2.05) is 0 Å². The van der Waals surface area contributed by atoms with Crippen LogP contribution >= 0.6 is 0 Å². The van der Waals surface area contributed by atoms with Gasteiger partial charge in [0, 0.05) is 6.08 Å². The molecule has 0 aromatic rings. The van der Waals surface area contributed by atoms with Crippen LogP contribution < -0.4 is 0 Å². The Kier molecular flexibility index (Phi) is 16.3. The molecule has 0 bridgehead atoms. The van der Waals surface area contributed by atoms with E-state index in [1.54, 1.807) is 0 Å². The molecule has 25 heavy (non-hydrogen) atoms. The van der Waals surface area contributed by atoms with E-state index in [4.69, 9.17) is 18.9 Å². The number of esters is 1. The average molecular weight is 375 g/mol. The van der Waals surface area contributed by atoms with Gasteiger partial charge in [-0.05, 0) is 25.7 Å². The molecule has 5 nitrogen and oxygen atoms in total. The molecule has 0 radical (unpaired) electrons. The number of unbranched alkanes of at least 4 members (excludes halogenated alkanes) is 3. The van der Waals surface area contributed by atoms with Gasteiger partial charge in [0.15, 0.2) is 0 Å². The molecule has 0 aromatic heterocycles. The van der Waals surface area contributed by atoms with Gasteiger partial charge in [0.1, 0.15) is 9.52 Å². The van der Waals surface area contributed by atoms with Crippen molar-refractivity contribution in [3.8, 4) is 0 Å². The van der Waals surface area contributed by atoms with Crippen LogP contribution in [0.2, 0.25) is 6.04 Å². The van der Waals surface area contributed by atoms with E-state index in [2.05, 4.69) is 27.4 Å². The molecule has 0 amide bonds. The van der Waals surface area contributed by atoms with E-state index >= 15 is 0 Å². The van der Waals surface area contributed by atoms with Crippen LogP contribution in [0.25, 0.3) is 0 Å². The summed E-state index contributed by atoms with van der Waals surface area (Å²) in [6.07, 6.45) is 8.25. The van der Waals surface area contributed by atoms with Gasteiger partial charge in [-0.2, -0.15) is 0 Å². The average Bonchev–Trinajstić information content (AvgIpc) is 2.61. The first-order chi connectivity index (χ1) is 12.1. The lowest BCUT2D eigenvalue weighted by Crippen LogP contribution is -2.46. The third kappa shape index (κ3) is 13.2. The molecule has 0 atom stereocenters. The lowest BCUT2D eigenvalue weighted by Gasteiger charge is -2.34. The molecule has 0 saturated carbocycles. The highest BCUT2D eigenvalue weighted by Gasteiger charge is 2.32. The van der Waals surface area contributed by atoms with Crippen molar-refractivity contribution in [2.24, 2.45) is 0 Å². The minimum absolute atomic E-state index is 0.370. The molecule has 0 spiro atoms. The van der Waals surface area contributed by atoms with Crippen LogP contribution in [-0.4, -0.2) is 47.5 Å². The predicted octanol–water partition coefficient (Wildman–Crippen LogP) is 3.75. The Morgan fingerprint density at radius 3 is 1.76 bits per heavy atom. The van der Waals surface area contributed by atoms with Crippen molar-refractivity contribution in [1.82, 2.24) is 0 Å². The quantitative estimate of drug-likeness (QED) is 0.120. The van der Waals surface area contributed by atoms with Crippen molar-refractivity contribution in [3.63, 3.8) is 0 Å². The minimum atomic E-state index is -0.831. The molecule has 0 fully saturated rings. The molecular weight excluding hydrogens is 336 g/mol. The van der Waals surface area contributed by atoms with Crippen molar-refractivity contribution >= 4 is 15.5 Å². The second kappa shape index (κ2) is 16.8. The van der Waals surface area contributed by atoms with E-state index in [1.165, 1.54) is 6.08 Å². The first-order valence-corrected chi connectivity index (χ1v) is 11.6. The van der Waals surface area contributed by atoms with Gasteiger partial charge in [-0.15, -0.1) is 0 Å². The summed E-state index contributed by atoms with van der Waals surface area (Å²) in [6.45, 7) is 12.2. The number of carbonyl (C=O) groups excluding carboxylic acids is 1. The summed E-state index contributed by atoms with van der Waals surface area (Å²) in [7, 11) is -0.800. The molecule has 0 aromatic carbocycles. The van der Waals surface area contributed by atoms with E-state index in [0.29, 0.717) is 26.4 Å². The third-order valence-corrected chi connectivity index (χ3v) is 5.83. The lowest BCUT2D eigenvalue weighted by atomic mass is 10.4. The van der Waals surface area contributed by atoms with Crippen LogP contribution in [0.5, 0.6) is 0 Å². The topological polar surface area (TPSA) is 54.0 Å². The number of carbonyl (C=O) groups is 1. The smallest absolute Gasteiger partial charge is 0.330 e. The first kappa shape index (κ1) is 24.3. The molecule has 148 valence electrons. The number of rotatable bonds is 18. The van der Waals surface area contributed by atoms with Gasteiger partial charge in [-0.25, -0.2) is 4.79 Å². The first-order valence-electron chi connectivity index (χ1n) is 9.85. The Morgan fingerprint density at radius 1 is 0.880 bits per heavy atom. The van der Waals surface area contributed by atoms with Gasteiger partial charge in [0.05, 0.1) is 26.4 Å². The van der Waals surface area contributed by atoms with E-state index in [9.17, 15) is 4.79 Å². The number of ether oxygens (including phenoxy) is 4. The minimum Gasteiger partial charge on any atom is -0.463 e. The van der Waals surface area contributed by atoms with Gasteiger partial charge in [0.2, 0.25) is 5.60 Å².